The minimum atomic E-state index is -1.25. The van der Waals surface area contributed by atoms with E-state index >= 15 is 0 Å². The van der Waals surface area contributed by atoms with Crippen LogP contribution in [0.2, 0.25) is 0 Å². The molecular weight excluding hydrogens is 310 g/mol. The molecular formula is C15H20F2N2O4. The fraction of sp³-hybridized carbons (Fsp3) is 0.467. The Hall–Kier alpha value is -2.22. The molecule has 1 amide bonds. The van der Waals surface area contributed by atoms with Gasteiger partial charge in [-0.05, 0) is 44.9 Å². The summed E-state index contributed by atoms with van der Waals surface area (Å²) in [6.45, 7) is 4.88. The molecule has 1 atom stereocenters. The van der Waals surface area contributed by atoms with Crippen molar-refractivity contribution in [2.24, 2.45) is 5.73 Å². The van der Waals surface area contributed by atoms with E-state index in [-0.39, 0.29) is 18.4 Å². The third kappa shape index (κ3) is 6.19. The predicted octanol–water partition coefficient (Wildman–Crippen LogP) is 3.18. The van der Waals surface area contributed by atoms with Crippen molar-refractivity contribution < 1.29 is 28.2 Å². The summed E-state index contributed by atoms with van der Waals surface area (Å²) in [4.78, 5) is 22.2. The van der Waals surface area contributed by atoms with Gasteiger partial charge in [0.1, 0.15) is 5.60 Å². The van der Waals surface area contributed by atoms with E-state index in [1.54, 1.807) is 20.8 Å². The van der Waals surface area contributed by atoms with Gasteiger partial charge in [-0.3, -0.25) is 10.1 Å². The second kappa shape index (κ2) is 7.36. The lowest BCUT2D eigenvalue weighted by Crippen LogP contribution is -2.27. The third-order valence-electron chi connectivity index (χ3n) is 2.78. The van der Waals surface area contributed by atoms with E-state index in [1.807, 2.05) is 0 Å². The van der Waals surface area contributed by atoms with Crippen LogP contribution in [0.3, 0.4) is 0 Å². The van der Waals surface area contributed by atoms with Crippen LogP contribution in [0.25, 0.3) is 0 Å². The molecule has 0 aromatic heterocycles. The van der Waals surface area contributed by atoms with Crippen molar-refractivity contribution in [1.82, 2.24) is 0 Å². The average molecular weight is 330 g/mol. The predicted molar refractivity (Wildman–Crippen MR) is 80.0 cm³/mol. The topological polar surface area (TPSA) is 102 Å². The average Bonchev–Trinajstić information content (AvgIpc) is 2.38. The molecule has 6 nitrogen and oxygen atoms in total. The molecule has 128 valence electrons. The maximum absolute atomic E-state index is 13.8. The Labute approximate surface area is 132 Å². The Balaban J connectivity index is 2.95. The van der Waals surface area contributed by atoms with Gasteiger partial charge < -0.3 is 15.6 Å². The van der Waals surface area contributed by atoms with Gasteiger partial charge in [-0.2, -0.15) is 0 Å². The molecule has 4 N–H and O–H groups in total. The van der Waals surface area contributed by atoms with Gasteiger partial charge in [0.2, 0.25) is 0 Å². The van der Waals surface area contributed by atoms with Crippen molar-refractivity contribution in [3.63, 3.8) is 0 Å². The minimum Gasteiger partial charge on any atom is -0.481 e. The summed E-state index contributed by atoms with van der Waals surface area (Å²) in [5, 5.41) is 10.7. The van der Waals surface area contributed by atoms with Crippen molar-refractivity contribution in [2.45, 2.75) is 45.3 Å². The largest absolute Gasteiger partial charge is 0.481 e. The zero-order chi connectivity index (χ0) is 17.8. The number of nitrogens with two attached hydrogens (primary N) is 1. The first-order chi connectivity index (χ1) is 10.5. The maximum Gasteiger partial charge on any atom is 0.412 e. The van der Waals surface area contributed by atoms with Crippen molar-refractivity contribution >= 4 is 17.7 Å². The van der Waals surface area contributed by atoms with Gasteiger partial charge in [0.15, 0.2) is 11.6 Å². The van der Waals surface area contributed by atoms with Crippen LogP contribution in [0.4, 0.5) is 19.3 Å². The summed E-state index contributed by atoms with van der Waals surface area (Å²) >= 11 is 0. The fourth-order valence-corrected chi connectivity index (χ4v) is 1.77. The number of carboxylic acid groups (broad SMARTS) is 1. The van der Waals surface area contributed by atoms with Gasteiger partial charge in [0.05, 0.1) is 5.69 Å². The molecule has 0 radical (unpaired) electrons. The summed E-state index contributed by atoms with van der Waals surface area (Å²) < 4.78 is 32.4. The zero-order valence-electron chi connectivity index (χ0n) is 13.2. The first-order valence-electron chi connectivity index (χ1n) is 6.96. The van der Waals surface area contributed by atoms with Gasteiger partial charge in [-0.15, -0.1) is 0 Å². The second-order valence-electron chi connectivity index (χ2n) is 6.03. The highest BCUT2D eigenvalue weighted by Crippen LogP contribution is 2.25. The number of benzene rings is 1. The van der Waals surface area contributed by atoms with Crippen LogP contribution in [0.1, 0.15) is 45.2 Å². The minimum absolute atomic E-state index is 0.0479. The lowest BCUT2D eigenvalue weighted by atomic mass is 10.0. The number of carbonyl (C=O) groups excluding carboxylic acids is 1. The fourth-order valence-electron chi connectivity index (χ4n) is 1.77. The lowest BCUT2D eigenvalue weighted by molar-refractivity contribution is -0.137. The third-order valence-corrected chi connectivity index (χ3v) is 2.78. The molecule has 0 saturated carbocycles. The van der Waals surface area contributed by atoms with E-state index < -0.39 is 41.0 Å². The number of nitrogens with one attached hydrogen (secondary N) is 1. The van der Waals surface area contributed by atoms with Gasteiger partial charge in [0, 0.05) is 12.5 Å². The summed E-state index contributed by atoms with van der Waals surface area (Å²) in [5.74, 6) is -3.49. The number of hydrogen-bond donors (Lipinski definition) is 3. The molecule has 8 heteroatoms. The molecule has 0 saturated heterocycles. The van der Waals surface area contributed by atoms with E-state index in [0.29, 0.717) is 0 Å². The van der Waals surface area contributed by atoms with Gasteiger partial charge in [-0.25, -0.2) is 13.6 Å². The van der Waals surface area contributed by atoms with Crippen LogP contribution >= 0.6 is 0 Å². The quantitative estimate of drug-likeness (QED) is 0.769. The van der Waals surface area contributed by atoms with Crippen LogP contribution in [-0.2, 0) is 9.53 Å². The number of hydrogen-bond acceptors (Lipinski definition) is 4. The molecule has 0 aliphatic carbocycles. The molecule has 1 unspecified atom stereocenters. The number of rotatable bonds is 5. The highest BCUT2D eigenvalue weighted by Gasteiger charge is 2.20. The number of ether oxygens (including phenoxy) is 1. The number of carboxylic acids is 1. The van der Waals surface area contributed by atoms with E-state index in [4.69, 9.17) is 15.6 Å². The summed E-state index contributed by atoms with van der Waals surface area (Å²) in [5.41, 5.74) is 4.73. The van der Waals surface area contributed by atoms with Crippen LogP contribution in [0, 0.1) is 11.6 Å². The van der Waals surface area contributed by atoms with Crippen LogP contribution in [0.15, 0.2) is 12.1 Å². The molecule has 0 bridgehead atoms. The van der Waals surface area contributed by atoms with Gasteiger partial charge >= 0.3 is 12.1 Å². The van der Waals surface area contributed by atoms with Gasteiger partial charge in [0.25, 0.3) is 0 Å². The first-order valence-corrected chi connectivity index (χ1v) is 6.96. The highest BCUT2D eigenvalue weighted by atomic mass is 19.2. The molecule has 0 spiro atoms. The maximum atomic E-state index is 13.8. The number of halogens is 2. The number of aliphatic carboxylic acids is 1. The van der Waals surface area contributed by atoms with E-state index in [9.17, 15) is 18.4 Å². The molecule has 0 aliphatic rings. The summed E-state index contributed by atoms with van der Waals surface area (Å²) in [7, 11) is 0. The number of amides is 1. The van der Waals surface area contributed by atoms with Crippen LogP contribution in [-0.4, -0.2) is 22.8 Å². The number of anilines is 1. The van der Waals surface area contributed by atoms with Crippen molar-refractivity contribution in [2.75, 3.05) is 5.32 Å². The number of carbonyl (C=O) groups is 2. The molecule has 1 aromatic carbocycles. The van der Waals surface area contributed by atoms with Crippen molar-refractivity contribution in [3.05, 3.63) is 29.3 Å². The SMILES string of the molecule is CC(C)(C)OC(=O)Nc1cc(C(N)CCC(=O)O)cc(F)c1F. The second-order valence-corrected chi connectivity index (χ2v) is 6.03. The Morgan fingerprint density at radius 3 is 2.48 bits per heavy atom. The lowest BCUT2D eigenvalue weighted by Gasteiger charge is -2.20. The van der Waals surface area contributed by atoms with Crippen LogP contribution in [0.5, 0.6) is 0 Å². The smallest absolute Gasteiger partial charge is 0.412 e. The molecule has 23 heavy (non-hydrogen) atoms. The van der Waals surface area contributed by atoms with Crippen molar-refractivity contribution in [1.29, 1.82) is 0 Å². The molecule has 0 aliphatic heterocycles. The van der Waals surface area contributed by atoms with Gasteiger partial charge in [-0.1, -0.05) is 0 Å². The standard InChI is InChI=1S/C15H20F2N2O4/c1-15(2,3)23-14(22)19-11-7-8(6-9(16)13(11)17)10(18)4-5-12(20)21/h6-7,10H,4-5,18H2,1-3H3,(H,19,22)(H,20,21). The Morgan fingerprint density at radius 1 is 1.35 bits per heavy atom. The Morgan fingerprint density at radius 2 is 1.96 bits per heavy atom. The van der Waals surface area contributed by atoms with E-state index in [2.05, 4.69) is 5.32 Å². The summed E-state index contributed by atoms with van der Waals surface area (Å²) in [6, 6.07) is 1.23. The normalized spacial score (nSPS) is 12.6. The zero-order valence-corrected chi connectivity index (χ0v) is 13.2. The molecule has 1 aromatic rings. The first kappa shape index (κ1) is 18.8. The highest BCUT2D eigenvalue weighted by molar-refractivity contribution is 5.85. The van der Waals surface area contributed by atoms with E-state index in [1.165, 1.54) is 0 Å². The molecule has 0 heterocycles. The monoisotopic (exact) mass is 330 g/mol. The molecule has 1 rings (SSSR count). The van der Waals surface area contributed by atoms with Crippen molar-refractivity contribution in [3.8, 4) is 0 Å². The van der Waals surface area contributed by atoms with Crippen LogP contribution < -0.4 is 11.1 Å². The molecule has 0 fully saturated rings. The summed E-state index contributed by atoms with van der Waals surface area (Å²) in [6.07, 6.45) is -1.10. The Bertz CT molecular complexity index is 600. The van der Waals surface area contributed by atoms with E-state index in [0.717, 1.165) is 12.1 Å². The Kier molecular flexibility index (Phi) is 6.03.